The second-order valence-corrected chi connectivity index (χ2v) is 7.70. The molecule has 0 unspecified atom stereocenters. The number of nitrogens with zero attached hydrogens (tertiary/aromatic N) is 2. The van der Waals surface area contributed by atoms with Gasteiger partial charge in [0.1, 0.15) is 12.1 Å². The number of aryl methyl sites for hydroxylation is 1. The molecule has 2 aromatic heterocycles. The van der Waals surface area contributed by atoms with Gasteiger partial charge in [-0.05, 0) is 41.8 Å². The minimum Gasteiger partial charge on any atom is -0.350 e. The summed E-state index contributed by atoms with van der Waals surface area (Å²) in [7, 11) is 0. The molecule has 152 valence electrons. The maximum Gasteiger partial charge on any atom is 0.275 e. The highest BCUT2D eigenvalue weighted by molar-refractivity contribution is 6.31. The summed E-state index contributed by atoms with van der Waals surface area (Å²) in [6.45, 7) is 2.94. The number of amides is 1. The van der Waals surface area contributed by atoms with Gasteiger partial charge in [-0.1, -0.05) is 54.1 Å². The summed E-state index contributed by atoms with van der Waals surface area (Å²) < 4.78 is 3.39. The lowest BCUT2D eigenvalue weighted by Crippen LogP contribution is -2.32. The van der Waals surface area contributed by atoms with Crippen LogP contribution in [0.1, 0.15) is 16.7 Å². The number of fused-ring (bicyclic) bond motifs is 1. The molecule has 0 fully saturated rings. The van der Waals surface area contributed by atoms with Crippen molar-refractivity contribution >= 4 is 28.4 Å². The maximum absolute atomic E-state index is 13.1. The van der Waals surface area contributed by atoms with Crippen molar-refractivity contribution in [2.45, 2.75) is 26.6 Å². The zero-order valence-electron chi connectivity index (χ0n) is 16.6. The quantitative estimate of drug-likeness (QED) is 0.511. The largest absolute Gasteiger partial charge is 0.350 e. The molecule has 1 N–H and O–H groups in total. The van der Waals surface area contributed by atoms with E-state index < -0.39 is 0 Å². The zero-order valence-corrected chi connectivity index (χ0v) is 17.4. The minimum absolute atomic E-state index is 0.0469. The Bertz CT molecular complexity index is 1270. The summed E-state index contributed by atoms with van der Waals surface area (Å²) in [6, 6.07) is 19.3. The fraction of sp³-hybridized carbons (Fsp3) is 0.167. The number of carbonyl (C=O) groups excluding carboxylic acids is 1. The van der Waals surface area contributed by atoms with E-state index >= 15 is 0 Å². The summed E-state index contributed by atoms with van der Waals surface area (Å²) in [5, 5.41) is 4.29. The van der Waals surface area contributed by atoms with Crippen LogP contribution in [0.15, 0.2) is 77.9 Å². The first-order valence-corrected chi connectivity index (χ1v) is 10.1. The van der Waals surface area contributed by atoms with Gasteiger partial charge in [-0.3, -0.25) is 9.59 Å². The predicted molar refractivity (Wildman–Crippen MR) is 120 cm³/mol. The number of rotatable bonds is 6. The molecule has 0 saturated carbocycles. The van der Waals surface area contributed by atoms with E-state index in [9.17, 15) is 9.59 Å². The van der Waals surface area contributed by atoms with Crippen molar-refractivity contribution in [3.8, 4) is 0 Å². The van der Waals surface area contributed by atoms with Gasteiger partial charge in [0.15, 0.2) is 0 Å². The van der Waals surface area contributed by atoms with E-state index in [0.717, 1.165) is 16.5 Å². The van der Waals surface area contributed by atoms with Gasteiger partial charge in [-0.15, -0.1) is 0 Å². The highest BCUT2D eigenvalue weighted by Gasteiger charge is 2.12. The molecule has 4 aromatic rings. The van der Waals surface area contributed by atoms with Gasteiger partial charge < -0.3 is 14.5 Å². The van der Waals surface area contributed by atoms with Crippen molar-refractivity contribution in [3.63, 3.8) is 0 Å². The highest BCUT2D eigenvalue weighted by atomic mass is 35.5. The van der Waals surface area contributed by atoms with Crippen molar-refractivity contribution in [1.29, 1.82) is 0 Å². The lowest BCUT2D eigenvalue weighted by atomic mass is 10.1. The number of halogens is 1. The third-order valence-electron chi connectivity index (χ3n) is 5.24. The van der Waals surface area contributed by atoms with Crippen molar-refractivity contribution in [1.82, 2.24) is 14.5 Å². The lowest BCUT2D eigenvalue weighted by Gasteiger charge is -2.11. The highest BCUT2D eigenvalue weighted by Crippen LogP contribution is 2.16. The Hall–Kier alpha value is -3.31. The number of hydrogen-bond donors (Lipinski definition) is 1. The summed E-state index contributed by atoms with van der Waals surface area (Å²) in [5.74, 6) is -0.242. The Morgan fingerprint density at radius 3 is 2.33 bits per heavy atom. The molecule has 0 aliphatic rings. The normalized spacial score (nSPS) is 11.0. The molecule has 0 aliphatic carbocycles. The average Bonchev–Trinajstić information content (AvgIpc) is 3.15. The van der Waals surface area contributed by atoms with Crippen LogP contribution in [0.5, 0.6) is 0 Å². The second kappa shape index (κ2) is 8.59. The first-order valence-electron chi connectivity index (χ1n) is 9.76. The predicted octanol–water partition coefficient (Wildman–Crippen LogP) is 4.13. The van der Waals surface area contributed by atoms with Crippen LogP contribution in [-0.2, 0) is 24.4 Å². The first kappa shape index (κ1) is 20.0. The van der Waals surface area contributed by atoms with Crippen molar-refractivity contribution in [3.05, 3.63) is 105 Å². The fourth-order valence-corrected chi connectivity index (χ4v) is 3.72. The van der Waals surface area contributed by atoms with Gasteiger partial charge in [0.25, 0.3) is 5.56 Å². The molecular formula is C24H22ClN3O2. The summed E-state index contributed by atoms with van der Waals surface area (Å²) >= 11 is 6.13. The standard InChI is InChI=1S/C24H22ClN3O2/c1-17-6-2-3-8-20(17)15-27-12-10-18-11-13-28(24(30)23(18)27)16-22(29)26-14-19-7-4-5-9-21(19)25/h2-13H,14-16H2,1H3,(H,26,29). The van der Waals surface area contributed by atoms with Crippen LogP contribution in [-0.4, -0.2) is 15.0 Å². The molecule has 5 nitrogen and oxygen atoms in total. The van der Waals surface area contributed by atoms with Crippen LogP contribution in [0, 0.1) is 6.92 Å². The molecule has 2 heterocycles. The molecule has 30 heavy (non-hydrogen) atoms. The third kappa shape index (κ3) is 4.16. The van der Waals surface area contributed by atoms with Gasteiger partial charge in [-0.25, -0.2) is 0 Å². The Labute approximate surface area is 179 Å². The molecule has 0 spiro atoms. The van der Waals surface area contributed by atoms with Crippen LogP contribution in [0.2, 0.25) is 5.02 Å². The Morgan fingerprint density at radius 1 is 0.933 bits per heavy atom. The molecule has 4 rings (SSSR count). The van der Waals surface area contributed by atoms with Crippen LogP contribution >= 0.6 is 11.6 Å². The van der Waals surface area contributed by atoms with Gasteiger partial charge in [0.05, 0.1) is 0 Å². The molecule has 2 aromatic carbocycles. The minimum atomic E-state index is -0.242. The zero-order chi connectivity index (χ0) is 21.1. The van der Waals surface area contributed by atoms with Crippen LogP contribution in [0.3, 0.4) is 0 Å². The average molecular weight is 420 g/mol. The molecular weight excluding hydrogens is 398 g/mol. The van der Waals surface area contributed by atoms with E-state index in [-0.39, 0.29) is 18.0 Å². The summed E-state index contributed by atoms with van der Waals surface area (Å²) in [5.41, 5.74) is 3.58. The van der Waals surface area contributed by atoms with Gasteiger partial charge in [0.2, 0.25) is 5.91 Å². The summed E-state index contributed by atoms with van der Waals surface area (Å²) in [6.07, 6.45) is 3.58. The Kier molecular flexibility index (Phi) is 5.72. The van der Waals surface area contributed by atoms with E-state index in [2.05, 4.69) is 24.4 Å². The van der Waals surface area contributed by atoms with Crippen LogP contribution in [0.4, 0.5) is 0 Å². The molecule has 0 bridgehead atoms. The van der Waals surface area contributed by atoms with Gasteiger partial charge in [-0.2, -0.15) is 0 Å². The van der Waals surface area contributed by atoms with E-state index in [4.69, 9.17) is 11.6 Å². The number of nitrogens with one attached hydrogen (secondary N) is 1. The van der Waals surface area contributed by atoms with Crippen molar-refractivity contribution in [2.75, 3.05) is 0 Å². The number of pyridine rings is 1. The van der Waals surface area contributed by atoms with Gasteiger partial charge >= 0.3 is 0 Å². The second-order valence-electron chi connectivity index (χ2n) is 7.29. The number of hydrogen-bond acceptors (Lipinski definition) is 2. The molecule has 0 radical (unpaired) electrons. The third-order valence-corrected chi connectivity index (χ3v) is 5.61. The Morgan fingerprint density at radius 2 is 1.60 bits per heavy atom. The van der Waals surface area contributed by atoms with Crippen molar-refractivity contribution in [2.24, 2.45) is 0 Å². The van der Waals surface area contributed by atoms with Crippen LogP contribution in [0.25, 0.3) is 10.9 Å². The number of benzene rings is 2. The lowest BCUT2D eigenvalue weighted by molar-refractivity contribution is -0.121. The smallest absolute Gasteiger partial charge is 0.275 e. The van der Waals surface area contributed by atoms with Crippen LogP contribution < -0.4 is 10.9 Å². The summed E-state index contributed by atoms with van der Waals surface area (Å²) in [4.78, 5) is 25.5. The Balaban J connectivity index is 1.54. The number of carbonyl (C=O) groups is 1. The molecule has 6 heteroatoms. The molecule has 1 amide bonds. The van der Waals surface area contributed by atoms with E-state index in [1.807, 2.05) is 53.2 Å². The van der Waals surface area contributed by atoms with Gasteiger partial charge in [0, 0.05) is 35.9 Å². The van der Waals surface area contributed by atoms with E-state index in [1.165, 1.54) is 10.1 Å². The monoisotopic (exact) mass is 419 g/mol. The molecule has 0 saturated heterocycles. The maximum atomic E-state index is 13.1. The first-order chi connectivity index (χ1) is 14.5. The van der Waals surface area contributed by atoms with Crippen molar-refractivity contribution < 1.29 is 4.79 Å². The SMILES string of the molecule is Cc1ccccc1Cn1ccc2ccn(CC(=O)NCc3ccccc3Cl)c(=O)c21. The van der Waals surface area contributed by atoms with E-state index in [1.54, 1.807) is 12.3 Å². The molecule has 0 atom stereocenters. The topological polar surface area (TPSA) is 56.0 Å². The fourth-order valence-electron chi connectivity index (χ4n) is 3.52. The number of aromatic nitrogens is 2. The van der Waals surface area contributed by atoms with E-state index in [0.29, 0.717) is 23.6 Å². The molecule has 0 aliphatic heterocycles.